The van der Waals surface area contributed by atoms with Gasteiger partial charge in [-0.15, -0.1) is 0 Å². The van der Waals surface area contributed by atoms with Gasteiger partial charge >= 0.3 is 0 Å². The number of benzene rings is 2. The minimum absolute atomic E-state index is 0.584. The summed E-state index contributed by atoms with van der Waals surface area (Å²) < 4.78 is 0. The standard InChI is InChI=1S/C19H18N4/c20-13-17-7-4-8-18(14-21)19(17)23-11-9-22(10-12-23)15-16-5-2-1-3-6-16/h1-8H,9-12,15H2. The van der Waals surface area contributed by atoms with E-state index in [1.165, 1.54) is 5.56 Å². The smallest absolute Gasteiger partial charge is 0.101 e. The summed E-state index contributed by atoms with van der Waals surface area (Å²) >= 11 is 0. The molecule has 0 aromatic heterocycles. The molecule has 0 N–H and O–H groups in total. The molecule has 4 nitrogen and oxygen atoms in total. The van der Waals surface area contributed by atoms with Crippen LogP contribution in [0.2, 0.25) is 0 Å². The van der Waals surface area contributed by atoms with Crippen molar-refractivity contribution < 1.29 is 0 Å². The minimum atomic E-state index is 0.584. The lowest BCUT2D eigenvalue weighted by Gasteiger charge is -2.36. The number of hydrogen-bond donors (Lipinski definition) is 0. The van der Waals surface area contributed by atoms with Crippen molar-refractivity contribution in [3.05, 3.63) is 65.2 Å². The number of piperazine rings is 1. The molecule has 3 rings (SSSR count). The predicted molar refractivity (Wildman–Crippen MR) is 89.8 cm³/mol. The van der Waals surface area contributed by atoms with Crippen LogP contribution in [0, 0.1) is 22.7 Å². The van der Waals surface area contributed by atoms with Crippen LogP contribution >= 0.6 is 0 Å². The monoisotopic (exact) mass is 302 g/mol. The fourth-order valence-corrected chi connectivity index (χ4v) is 3.04. The van der Waals surface area contributed by atoms with Crippen LogP contribution in [0.1, 0.15) is 16.7 Å². The molecule has 0 unspecified atom stereocenters. The highest BCUT2D eigenvalue weighted by Gasteiger charge is 2.21. The van der Waals surface area contributed by atoms with E-state index in [0.29, 0.717) is 11.1 Å². The second-order valence-electron chi connectivity index (χ2n) is 5.67. The Morgan fingerprint density at radius 3 is 1.96 bits per heavy atom. The zero-order valence-electron chi connectivity index (χ0n) is 12.9. The van der Waals surface area contributed by atoms with E-state index >= 15 is 0 Å². The molecule has 1 aliphatic rings. The summed E-state index contributed by atoms with van der Waals surface area (Å²) in [5, 5.41) is 18.6. The molecule has 23 heavy (non-hydrogen) atoms. The highest BCUT2D eigenvalue weighted by Crippen LogP contribution is 2.26. The van der Waals surface area contributed by atoms with Crippen LogP contribution in [0.5, 0.6) is 0 Å². The number of para-hydroxylation sites is 1. The van der Waals surface area contributed by atoms with Crippen molar-refractivity contribution in [2.75, 3.05) is 31.1 Å². The highest BCUT2D eigenvalue weighted by atomic mass is 15.3. The van der Waals surface area contributed by atoms with E-state index in [9.17, 15) is 10.5 Å². The Bertz CT molecular complexity index is 715. The lowest BCUT2D eigenvalue weighted by molar-refractivity contribution is 0.250. The maximum Gasteiger partial charge on any atom is 0.101 e. The molecular weight excluding hydrogens is 284 g/mol. The Hall–Kier alpha value is -2.82. The van der Waals surface area contributed by atoms with Gasteiger partial charge in [-0.1, -0.05) is 36.4 Å². The van der Waals surface area contributed by atoms with E-state index in [4.69, 9.17) is 0 Å². The Morgan fingerprint density at radius 1 is 0.783 bits per heavy atom. The third kappa shape index (κ3) is 3.34. The molecule has 4 heteroatoms. The quantitative estimate of drug-likeness (QED) is 0.875. The largest absolute Gasteiger partial charge is 0.367 e. The number of anilines is 1. The lowest BCUT2D eigenvalue weighted by Crippen LogP contribution is -2.46. The van der Waals surface area contributed by atoms with Crippen molar-refractivity contribution >= 4 is 5.69 Å². The van der Waals surface area contributed by atoms with Gasteiger partial charge in [0, 0.05) is 32.7 Å². The van der Waals surface area contributed by atoms with Crippen molar-refractivity contribution in [1.29, 1.82) is 10.5 Å². The van der Waals surface area contributed by atoms with Gasteiger partial charge < -0.3 is 4.90 Å². The van der Waals surface area contributed by atoms with Crippen LogP contribution < -0.4 is 4.90 Å². The summed E-state index contributed by atoms with van der Waals surface area (Å²) in [7, 11) is 0. The van der Waals surface area contributed by atoms with Gasteiger partial charge in [0.05, 0.1) is 16.8 Å². The second-order valence-corrected chi connectivity index (χ2v) is 5.67. The predicted octanol–water partition coefficient (Wildman–Crippen LogP) is 2.75. The van der Waals surface area contributed by atoms with Gasteiger partial charge in [-0.3, -0.25) is 4.90 Å². The molecule has 0 spiro atoms. The molecule has 0 atom stereocenters. The van der Waals surface area contributed by atoms with Crippen molar-refractivity contribution in [3.8, 4) is 12.1 Å². The SMILES string of the molecule is N#Cc1cccc(C#N)c1N1CCN(Cc2ccccc2)CC1. The zero-order valence-corrected chi connectivity index (χ0v) is 12.9. The van der Waals surface area contributed by atoms with Gasteiger partial charge in [0.1, 0.15) is 12.1 Å². The Morgan fingerprint density at radius 2 is 1.39 bits per heavy atom. The van der Waals surface area contributed by atoms with Crippen molar-refractivity contribution in [2.45, 2.75) is 6.54 Å². The number of nitriles is 2. The third-order valence-electron chi connectivity index (χ3n) is 4.21. The van der Waals surface area contributed by atoms with Gasteiger partial charge in [-0.25, -0.2) is 0 Å². The maximum absolute atomic E-state index is 9.32. The summed E-state index contributed by atoms with van der Waals surface area (Å²) in [6, 6.07) is 20.2. The lowest BCUT2D eigenvalue weighted by atomic mass is 10.1. The highest BCUT2D eigenvalue weighted by molar-refractivity contribution is 5.68. The van der Waals surface area contributed by atoms with E-state index in [1.54, 1.807) is 18.2 Å². The Labute approximate surface area is 136 Å². The Kier molecular flexibility index (Phi) is 4.57. The normalized spacial score (nSPS) is 15.0. The van der Waals surface area contributed by atoms with E-state index in [0.717, 1.165) is 38.4 Å². The average Bonchev–Trinajstić information content (AvgIpc) is 2.62. The first kappa shape index (κ1) is 15.1. The molecule has 0 aliphatic carbocycles. The summed E-state index contributed by atoms with van der Waals surface area (Å²) in [5.41, 5.74) is 3.27. The van der Waals surface area contributed by atoms with Gasteiger partial charge in [-0.05, 0) is 17.7 Å². The first-order valence-corrected chi connectivity index (χ1v) is 7.76. The maximum atomic E-state index is 9.32. The van der Waals surface area contributed by atoms with Gasteiger partial charge in [0.25, 0.3) is 0 Å². The molecule has 0 amide bonds. The van der Waals surface area contributed by atoms with Crippen LogP contribution in [0.3, 0.4) is 0 Å². The van der Waals surface area contributed by atoms with Crippen molar-refractivity contribution in [1.82, 2.24) is 4.90 Å². The van der Waals surface area contributed by atoms with Crippen LogP contribution in [0.15, 0.2) is 48.5 Å². The van der Waals surface area contributed by atoms with E-state index < -0.39 is 0 Å². The van der Waals surface area contributed by atoms with Crippen LogP contribution in [0.4, 0.5) is 5.69 Å². The van der Waals surface area contributed by atoms with E-state index in [1.807, 2.05) is 6.07 Å². The fourth-order valence-electron chi connectivity index (χ4n) is 3.04. The molecule has 1 heterocycles. The number of hydrogen-bond acceptors (Lipinski definition) is 4. The average molecular weight is 302 g/mol. The van der Waals surface area contributed by atoms with E-state index in [-0.39, 0.29) is 0 Å². The summed E-state index contributed by atoms with van der Waals surface area (Å²) in [4.78, 5) is 4.57. The fraction of sp³-hybridized carbons (Fsp3) is 0.263. The van der Waals surface area contributed by atoms with Crippen molar-refractivity contribution in [3.63, 3.8) is 0 Å². The molecular formula is C19H18N4. The summed E-state index contributed by atoms with van der Waals surface area (Å²) in [6.45, 7) is 4.47. The summed E-state index contributed by atoms with van der Waals surface area (Å²) in [6.07, 6.45) is 0. The van der Waals surface area contributed by atoms with E-state index in [2.05, 4.69) is 46.2 Å². The Balaban J connectivity index is 1.70. The number of rotatable bonds is 3. The van der Waals surface area contributed by atoms with Crippen LogP contribution in [-0.4, -0.2) is 31.1 Å². The van der Waals surface area contributed by atoms with Crippen LogP contribution in [0.25, 0.3) is 0 Å². The second kappa shape index (κ2) is 6.96. The molecule has 0 bridgehead atoms. The molecule has 1 aliphatic heterocycles. The van der Waals surface area contributed by atoms with Crippen LogP contribution in [-0.2, 0) is 6.54 Å². The first-order chi connectivity index (χ1) is 11.3. The zero-order chi connectivity index (χ0) is 16.1. The molecule has 0 radical (unpaired) electrons. The summed E-state index contributed by atoms with van der Waals surface area (Å²) in [5.74, 6) is 0. The number of nitrogens with zero attached hydrogens (tertiary/aromatic N) is 4. The molecule has 1 fully saturated rings. The third-order valence-corrected chi connectivity index (χ3v) is 4.21. The van der Waals surface area contributed by atoms with Crippen molar-refractivity contribution in [2.24, 2.45) is 0 Å². The van der Waals surface area contributed by atoms with Gasteiger partial charge in [0.2, 0.25) is 0 Å². The van der Waals surface area contributed by atoms with Gasteiger partial charge in [0.15, 0.2) is 0 Å². The molecule has 114 valence electrons. The molecule has 2 aromatic rings. The molecule has 2 aromatic carbocycles. The van der Waals surface area contributed by atoms with Gasteiger partial charge in [-0.2, -0.15) is 10.5 Å². The molecule has 1 saturated heterocycles. The minimum Gasteiger partial charge on any atom is -0.367 e. The topological polar surface area (TPSA) is 54.1 Å². The molecule has 0 saturated carbocycles. The first-order valence-electron chi connectivity index (χ1n) is 7.76.